The first-order valence-electron chi connectivity index (χ1n) is 16.1. The van der Waals surface area contributed by atoms with Gasteiger partial charge in [0.05, 0.1) is 0 Å². The number of fused-ring (bicyclic) bond motifs is 2. The maximum absolute atomic E-state index is 13.2. The summed E-state index contributed by atoms with van der Waals surface area (Å²) >= 11 is 4.34. The van der Waals surface area contributed by atoms with Crippen molar-refractivity contribution in [3.05, 3.63) is 60.1 Å². The minimum absolute atomic E-state index is 0.00220. The number of furan rings is 2. The SMILES string of the molecule is CC(S)NC[C@@H](C)Oc1ccc2cc(C(=O)C(C)CCC(C)NC3CC(Oc4ccc5cc(C(=O)C(C)C)oc5c4)C3)oc2c1. The van der Waals surface area contributed by atoms with Gasteiger partial charge in [0.15, 0.2) is 11.5 Å². The van der Waals surface area contributed by atoms with Crippen LogP contribution in [0.1, 0.15) is 88.3 Å². The minimum atomic E-state index is -0.148. The van der Waals surface area contributed by atoms with Crippen LogP contribution >= 0.6 is 12.6 Å². The van der Waals surface area contributed by atoms with Crippen LogP contribution in [0.5, 0.6) is 11.5 Å². The van der Waals surface area contributed by atoms with E-state index in [1.807, 2.05) is 77.1 Å². The van der Waals surface area contributed by atoms with Crippen molar-refractivity contribution in [3.63, 3.8) is 0 Å². The molecule has 4 aromatic rings. The molecule has 0 aliphatic heterocycles. The molecule has 8 nitrogen and oxygen atoms in total. The number of thiol groups is 1. The van der Waals surface area contributed by atoms with Crippen LogP contribution in [0.4, 0.5) is 0 Å². The number of hydrogen-bond donors (Lipinski definition) is 3. The first-order chi connectivity index (χ1) is 21.4. The van der Waals surface area contributed by atoms with Crippen LogP contribution in [0.25, 0.3) is 21.9 Å². The van der Waals surface area contributed by atoms with E-state index in [4.69, 9.17) is 18.3 Å². The second-order valence-electron chi connectivity index (χ2n) is 13.0. The van der Waals surface area contributed by atoms with Crippen LogP contribution in [-0.4, -0.2) is 47.8 Å². The average molecular weight is 635 g/mol. The second-order valence-corrected chi connectivity index (χ2v) is 13.7. The molecule has 4 atom stereocenters. The van der Waals surface area contributed by atoms with E-state index in [1.54, 1.807) is 6.07 Å². The molecule has 0 bridgehead atoms. The molecule has 3 unspecified atom stereocenters. The molecule has 242 valence electrons. The van der Waals surface area contributed by atoms with Crippen molar-refractivity contribution in [1.29, 1.82) is 0 Å². The Hall–Kier alpha value is -3.27. The number of nitrogens with one attached hydrogen (secondary N) is 2. The number of hydrogen-bond acceptors (Lipinski definition) is 9. The zero-order valence-corrected chi connectivity index (χ0v) is 28.0. The Morgan fingerprint density at radius 3 is 2.07 bits per heavy atom. The van der Waals surface area contributed by atoms with Crippen LogP contribution in [0.3, 0.4) is 0 Å². The Balaban J connectivity index is 1.04. The second kappa shape index (κ2) is 14.4. The summed E-state index contributed by atoms with van der Waals surface area (Å²) in [6.07, 6.45) is 3.59. The molecule has 45 heavy (non-hydrogen) atoms. The Morgan fingerprint density at radius 1 is 0.844 bits per heavy atom. The molecule has 2 heterocycles. The van der Waals surface area contributed by atoms with Gasteiger partial charge in [-0.2, -0.15) is 12.6 Å². The van der Waals surface area contributed by atoms with Crippen molar-refractivity contribution in [2.75, 3.05) is 6.54 Å². The lowest BCUT2D eigenvalue weighted by Gasteiger charge is -2.37. The van der Waals surface area contributed by atoms with Gasteiger partial charge in [0.2, 0.25) is 11.6 Å². The molecule has 0 spiro atoms. The largest absolute Gasteiger partial charge is 0.490 e. The highest BCUT2D eigenvalue weighted by Crippen LogP contribution is 2.31. The Kier molecular flexibility index (Phi) is 10.6. The summed E-state index contributed by atoms with van der Waals surface area (Å²) in [5.41, 5.74) is 1.32. The number of carbonyl (C=O) groups is 2. The third-order valence-electron chi connectivity index (χ3n) is 8.43. The van der Waals surface area contributed by atoms with E-state index in [0.29, 0.717) is 41.0 Å². The molecular formula is C36H46N2O6S. The van der Waals surface area contributed by atoms with Gasteiger partial charge in [0.25, 0.3) is 0 Å². The molecule has 9 heteroatoms. The number of Topliss-reactive ketones (excluding diaryl/α,β-unsaturated/α-hetero) is 2. The van der Waals surface area contributed by atoms with Gasteiger partial charge in [-0.25, -0.2) is 0 Å². The molecule has 1 saturated carbocycles. The van der Waals surface area contributed by atoms with E-state index < -0.39 is 0 Å². The van der Waals surface area contributed by atoms with Gasteiger partial charge in [0, 0.05) is 58.7 Å². The number of ether oxygens (including phenoxy) is 2. The van der Waals surface area contributed by atoms with E-state index in [2.05, 4.69) is 30.2 Å². The number of carbonyl (C=O) groups excluding carboxylic acids is 2. The Bertz CT molecular complexity index is 1620. The zero-order valence-electron chi connectivity index (χ0n) is 27.1. The molecule has 1 aliphatic rings. The number of ketones is 2. The normalized spacial score (nSPS) is 19.3. The molecule has 2 aromatic heterocycles. The van der Waals surface area contributed by atoms with Gasteiger partial charge >= 0.3 is 0 Å². The smallest absolute Gasteiger partial charge is 0.200 e. The molecular weight excluding hydrogens is 588 g/mol. The maximum atomic E-state index is 13.2. The van der Waals surface area contributed by atoms with Crippen molar-refractivity contribution in [3.8, 4) is 11.5 Å². The lowest BCUT2D eigenvalue weighted by atomic mass is 9.88. The van der Waals surface area contributed by atoms with Gasteiger partial charge in [-0.1, -0.05) is 20.8 Å². The molecule has 1 fully saturated rings. The monoisotopic (exact) mass is 634 g/mol. The fourth-order valence-corrected chi connectivity index (χ4v) is 5.76. The van der Waals surface area contributed by atoms with E-state index in [-0.39, 0.29) is 47.0 Å². The predicted octanol–water partition coefficient (Wildman–Crippen LogP) is 7.84. The number of rotatable bonds is 16. The molecule has 1 aliphatic carbocycles. The quantitative estimate of drug-likeness (QED) is 0.0651. The van der Waals surface area contributed by atoms with Crippen molar-refractivity contribution in [2.45, 2.75) is 96.9 Å². The van der Waals surface area contributed by atoms with Crippen molar-refractivity contribution >= 4 is 46.1 Å². The van der Waals surface area contributed by atoms with Crippen LogP contribution in [0.2, 0.25) is 0 Å². The van der Waals surface area contributed by atoms with E-state index in [1.165, 1.54) is 0 Å². The van der Waals surface area contributed by atoms with E-state index >= 15 is 0 Å². The van der Waals surface area contributed by atoms with Gasteiger partial charge in [0.1, 0.15) is 34.9 Å². The third kappa shape index (κ3) is 8.51. The first-order valence-corrected chi connectivity index (χ1v) is 16.6. The van der Waals surface area contributed by atoms with Crippen molar-refractivity contribution in [2.24, 2.45) is 11.8 Å². The lowest BCUT2D eigenvalue weighted by molar-refractivity contribution is 0.0789. The van der Waals surface area contributed by atoms with Crippen molar-refractivity contribution in [1.82, 2.24) is 10.6 Å². The summed E-state index contributed by atoms with van der Waals surface area (Å²) in [5, 5.41) is 8.81. The molecule has 2 N–H and O–H groups in total. The van der Waals surface area contributed by atoms with Gasteiger partial charge in [-0.05, 0) is 82.9 Å². The highest BCUT2D eigenvalue weighted by atomic mass is 32.1. The molecule has 0 amide bonds. The van der Waals surface area contributed by atoms with E-state index in [9.17, 15) is 9.59 Å². The summed E-state index contributed by atoms with van der Waals surface area (Å²) in [4.78, 5) is 25.5. The maximum Gasteiger partial charge on any atom is 0.200 e. The van der Waals surface area contributed by atoms with Crippen LogP contribution in [0.15, 0.2) is 57.4 Å². The Morgan fingerprint density at radius 2 is 1.44 bits per heavy atom. The topological polar surface area (TPSA) is 103 Å². The van der Waals surface area contributed by atoms with Crippen LogP contribution in [0, 0.1) is 11.8 Å². The fourth-order valence-electron chi connectivity index (χ4n) is 5.66. The highest BCUT2D eigenvalue weighted by Gasteiger charge is 2.32. The van der Waals surface area contributed by atoms with Gasteiger partial charge in [-0.3, -0.25) is 9.59 Å². The molecule has 0 saturated heterocycles. The molecule has 0 radical (unpaired) electrons. The summed E-state index contributed by atoms with van der Waals surface area (Å²) in [6.45, 7) is 12.5. The highest BCUT2D eigenvalue weighted by molar-refractivity contribution is 7.80. The first kappa shape index (κ1) is 33.1. The van der Waals surface area contributed by atoms with Gasteiger partial charge in [-0.15, -0.1) is 0 Å². The fraction of sp³-hybridized carbons (Fsp3) is 0.500. The summed E-state index contributed by atoms with van der Waals surface area (Å²) < 4.78 is 23.9. The average Bonchev–Trinajstić information content (AvgIpc) is 3.60. The van der Waals surface area contributed by atoms with Gasteiger partial charge < -0.3 is 28.9 Å². The molecule has 2 aromatic carbocycles. The minimum Gasteiger partial charge on any atom is -0.490 e. The summed E-state index contributed by atoms with van der Waals surface area (Å²) in [5.74, 6) is 2.02. The standard InChI is InChI=1S/C36H46N2O6S/c1-20(2)35(39)33-13-25-10-12-29(18-32(25)43-33)42-30-15-27(16-30)38-22(4)8-7-21(3)36(40)34-14-26-9-11-28(17-31(26)44-34)41-23(5)19-37-24(6)45/h9-14,17-18,20-24,27,30,37-38,45H,7-8,15-16,19H2,1-6H3/t21?,22?,23-,24?,27?,30?/m1/s1. The molecule has 5 rings (SSSR count). The van der Waals surface area contributed by atoms with E-state index in [0.717, 1.165) is 42.2 Å². The number of benzene rings is 2. The summed E-state index contributed by atoms with van der Waals surface area (Å²) in [7, 11) is 0. The third-order valence-corrected chi connectivity index (χ3v) is 8.61. The van der Waals surface area contributed by atoms with Crippen LogP contribution < -0.4 is 20.1 Å². The Labute approximate surface area is 271 Å². The zero-order chi connectivity index (χ0) is 32.2. The lowest BCUT2D eigenvalue weighted by Crippen LogP contribution is -2.49. The van der Waals surface area contributed by atoms with Crippen LogP contribution in [-0.2, 0) is 0 Å². The predicted molar refractivity (Wildman–Crippen MR) is 181 cm³/mol. The summed E-state index contributed by atoms with van der Waals surface area (Å²) in [6, 6.07) is 15.7. The van der Waals surface area contributed by atoms with Crippen molar-refractivity contribution < 1.29 is 27.9 Å².